The molecule has 24 heavy (non-hydrogen) atoms. The van der Waals surface area contributed by atoms with Gasteiger partial charge in [0.05, 0.1) is 0 Å². The molecular formula is C16H22N6OS. The van der Waals surface area contributed by atoms with E-state index in [-0.39, 0.29) is 11.4 Å². The van der Waals surface area contributed by atoms with Gasteiger partial charge in [-0.25, -0.2) is 4.79 Å². The third kappa shape index (κ3) is 3.81. The van der Waals surface area contributed by atoms with Crippen LogP contribution in [0.4, 0.5) is 15.6 Å². The minimum absolute atomic E-state index is 0.0587. The number of carbonyl (C=O) groups is 1. The van der Waals surface area contributed by atoms with Crippen molar-refractivity contribution < 1.29 is 4.79 Å². The van der Waals surface area contributed by atoms with E-state index in [1.54, 1.807) is 12.4 Å². The molecule has 3 rings (SSSR count). The first-order valence-corrected chi connectivity index (χ1v) is 8.80. The van der Waals surface area contributed by atoms with Gasteiger partial charge in [0.1, 0.15) is 5.01 Å². The normalized spacial score (nSPS) is 15.5. The number of hydrogen-bond acceptors (Lipinski definition) is 6. The quantitative estimate of drug-likeness (QED) is 0.905. The molecule has 0 bridgehead atoms. The maximum absolute atomic E-state index is 12.4. The summed E-state index contributed by atoms with van der Waals surface area (Å²) in [5, 5.41) is 12.6. The summed E-state index contributed by atoms with van der Waals surface area (Å²) < 4.78 is 0. The number of piperazine rings is 1. The van der Waals surface area contributed by atoms with Crippen LogP contribution in [0.15, 0.2) is 24.5 Å². The second-order valence-electron chi connectivity index (χ2n) is 6.77. The summed E-state index contributed by atoms with van der Waals surface area (Å²) in [4.78, 5) is 20.5. The molecule has 1 aliphatic heterocycles. The van der Waals surface area contributed by atoms with Gasteiger partial charge in [-0.3, -0.25) is 10.3 Å². The lowest BCUT2D eigenvalue weighted by Gasteiger charge is -2.35. The summed E-state index contributed by atoms with van der Waals surface area (Å²) in [7, 11) is 0. The molecule has 0 spiro atoms. The first kappa shape index (κ1) is 16.6. The fourth-order valence-electron chi connectivity index (χ4n) is 2.47. The smallest absolute Gasteiger partial charge is 0.323 e. The number of anilines is 2. The Hall–Kier alpha value is -2.22. The van der Waals surface area contributed by atoms with Crippen LogP contribution in [0.2, 0.25) is 0 Å². The average molecular weight is 346 g/mol. The number of hydrogen-bond donors (Lipinski definition) is 1. The highest BCUT2D eigenvalue weighted by molar-refractivity contribution is 7.15. The molecule has 2 aromatic heterocycles. The highest BCUT2D eigenvalue weighted by atomic mass is 32.1. The summed E-state index contributed by atoms with van der Waals surface area (Å²) in [6, 6.07) is 3.87. The zero-order valence-corrected chi connectivity index (χ0v) is 15.0. The molecule has 2 aromatic rings. The molecule has 7 nitrogen and oxygen atoms in total. The lowest BCUT2D eigenvalue weighted by molar-refractivity contribution is 0.208. The van der Waals surface area contributed by atoms with Gasteiger partial charge >= 0.3 is 6.03 Å². The van der Waals surface area contributed by atoms with Crippen LogP contribution >= 0.6 is 11.3 Å². The maximum Gasteiger partial charge on any atom is 0.323 e. The second-order valence-corrected chi connectivity index (χ2v) is 7.75. The largest absolute Gasteiger partial charge is 0.368 e. The van der Waals surface area contributed by atoms with Crippen LogP contribution in [0.1, 0.15) is 25.8 Å². The fraction of sp³-hybridized carbons (Fsp3) is 0.500. The van der Waals surface area contributed by atoms with E-state index in [9.17, 15) is 4.79 Å². The van der Waals surface area contributed by atoms with Crippen LogP contribution in [0.25, 0.3) is 0 Å². The van der Waals surface area contributed by atoms with E-state index in [2.05, 4.69) is 46.2 Å². The Morgan fingerprint density at radius 1 is 1.12 bits per heavy atom. The van der Waals surface area contributed by atoms with E-state index in [1.807, 2.05) is 17.0 Å². The number of carbonyl (C=O) groups excluding carboxylic acids is 1. The Kier molecular flexibility index (Phi) is 4.66. The number of aromatic nitrogens is 3. The Morgan fingerprint density at radius 3 is 2.38 bits per heavy atom. The van der Waals surface area contributed by atoms with E-state index in [0.29, 0.717) is 18.2 Å². The second kappa shape index (κ2) is 6.72. The predicted octanol–water partition coefficient (Wildman–Crippen LogP) is 2.58. The van der Waals surface area contributed by atoms with Crippen molar-refractivity contribution in [2.24, 2.45) is 0 Å². The molecule has 0 aromatic carbocycles. The zero-order chi connectivity index (χ0) is 17.2. The third-order valence-corrected chi connectivity index (χ3v) is 5.14. The third-order valence-electron chi connectivity index (χ3n) is 3.88. The van der Waals surface area contributed by atoms with Crippen LogP contribution in [-0.4, -0.2) is 52.3 Å². The van der Waals surface area contributed by atoms with Crippen molar-refractivity contribution in [2.75, 3.05) is 36.4 Å². The van der Waals surface area contributed by atoms with Crippen LogP contribution in [0, 0.1) is 0 Å². The number of nitrogens with zero attached hydrogens (tertiary/aromatic N) is 5. The van der Waals surface area contributed by atoms with Crippen molar-refractivity contribution >= 4 is 28.2 Å². The molecule has 1 N–H and O–H groups in total. The number of amides is 2. The lowest BCUT2D eigenvalue weighted by Crippen LogP contribution is -2.50. The van der Waals surface area contributed by atoms with Crippen molar-refractivity contribution in [2.45, 2.75) is 26.2 Å². The minimum atomic E-state index is -0.110. The van der Waals surface area contributed by atoms with Crippen LogP contribution in [-0.2, 0) is 5.41 Å². The molecule has 0 atom stereocenters. The van der Waals surface area contributed by atoms with Gasteiger partial charge in [-0.1, -0.05) is 32.1 Å². The Labute approximate surface area is 145 Å². The van der Waals surface area contributed by atoms with Gasteiger partial charge < -0.3 is 9.80 Å². The van der Waals surface area contributed by atoms with Crippen molar-refractivity contribution in [3.8, 4) is 0 Å². The molecule has 1 saturated heterocycles. The van der Waals surface area contributed by atoms with Crippen LogP contribution in [0.3, 0.4) is 0 Å². The summed E-state index contributed by atoms with van der Waals surface area (Å²) >= 11 is 1.43. The molecule has 2 amide bonds. The van der Waals surface area contributed by atoms with Gasteiger partial charge in [0.25, 0.3) is 0 Å². The van der Waals surface area contributed by atoms with Gasteiger partial charge in [0.2, 0.25) is 5.13 Å². The van der Waals surface area contributed by atoms with Gasteiger partial charge in [0, 0.05) is 49.7 Å². The molecule has 3 heterocycles. The summed E-state index contributed by atoms with van der Waals surface area (Å²) in [6.07, 6.45) is 3.58. The molecule has 1 fully saturated rings. The SMILES string of the molecule is CC(C)(C)c1nnc(NC(=O)N2CCN(c3ccncc3)CC2)s1. The molecule has 1 aliphatic rings. The Balaban J connectivity index is 1.55. The van der Waals surface area contributed by atoms with E-state index in [0.717, 1.165) is 23.8 Å². The first-order valence-electron chi connectivity index (χ1n) is 7.98. The van der Waals surface area contributed by atoms with E-state index in [1.165, 1.54) is 11.3 Å². The summed E-state index contributed by atoms with van der Waals surface area (Å²) in [5.41, 5.74) is 1.08. The molecule has 0 aliphatic carbocycles. The van der Waals surface area contributed by atoms with Crippen molar-refractivity contribution in [3.63, 3.8) is 0 Å². The van der Waals surface area contributed by atoms with Crippen molar-refractivity contribution in [1.82, 2.24) is 20.1 Å². The average Bonchev–Trinajstić information content (AvgIpc) is 3.05. The van der Waals surface area contributed by atoms with Crippen LogP contribution in [0.5, 0.6) is 0 Å². The van der Waals surface area contributed by atoms with Gasteiger partial charge in [-0.05, 0) is 12.1 Å². The van der Waals surface area contributed by atoms with Crippen molar-refractivity contribution in [1.29, 1.82) is 0 Å². The van der Waals surface area contributed by atoms with Gasteiger partial charge in [0.15, 0.2) is 0 Å². The highest BCUT2D eigenvalue weighted by Gasteiger charge is 2.24. The summed E-state index contributed by atoms with van der Waals surface area (Å²) in [5.74, 6) is 0. The predicted molar refractivity (Wildman–Crippen MR) is 95.7 cm³/mol. The molecule has 0 saturated carbocycles. The molecular weight excluding hydrogens is 324 g/mol. The number of rotatable bonds is 2. The topological polar surface area (TPSA) is 74.2 Å². The summed E-state index contributed by atoms with van der Waals surface area (Å²) in [6.45, 7) is 9.21. The standard InChI is InChI=1S/C16H22N6OS/c1-16(2,3)13-19-20-14(24-13)18-15(23)22-10-8-21(9-11-22)12-4-6-17-7-5-12/h4-7H,8-11H2,1-3H3,(H,18,20,23). The molecule has 0 radical (unpaired) electrons. The lowest BCUT2D eigenvalue weighted by atomic mass is 9.98. The first-order chi connectivity index (χ1) is 11.4. The monoisotopic (exact) mass is 346 g/mol. The number of urea groups is 1. The Bertz CT molecular complexity index is 688. The fourth-order valence-corrected chi connectivity index (χ4v) is 3.26. The maximum atomic E-state index is 12.4. The Morgan fingerprint density at radius 2 is 1.79 bits per heavy atom. The van der Waals surface area contributed by atoms with Gasteiger partial charge in [-0.2, -0.15) is 0 Å². The zero-order valence-electron chi connectivity index (χ0n) is 14.2. The number of pyridine rings is 1. The highest BCUT2D eigenvalue weighted by Crippen LogP contribution is 2.27. The molecule has 8 heteroatoms. The van der Waals surface area contributed by atoms with E-state index in [4.69, 9.17) is 0 Å². The van der Waals surface area contributed by atoms with Crippen molar-refractivity contribution in [3.05, 3.63) is 29.5 Å². The van der Waals surface area contributed by atoms with Gasteiger partial charge in [-0.15, -0.1) is 10.2 Å². The minimum Gasteiger partial charge on any atom is -0.368 e. The van der Waals surface area contributed by atoms with E-state index >= 15 is 0 Å². The number of nitrogens with one attached hydrogen (secondary N) is 1. The molecule has 0 unspecified atom stereocenters. The van der Waals surface area contributed by atoms with E-state index < -0.39 is 0 Å². The molecule has 128 valence electrons. The van der Waals surface area contributed by atoms with Crippen LogP contribution < -0.4 is 10.2 Å².